The van der Waals surface area contributed by atoms with Crippen molar-refractivity contribution in [1.29, 1.82) is 0 Å². The molecule has 0 saturated carbocycles. The molecule has 7 nitrogen and oxygen atoms in total. The van der Waals surface area contributed by atoms with E-state index in [4.69, 9.17) is 15.2 Å². The lowest BCUT2D eigenvalue weighted by molar-refractivity contribution is -0.118. The van der Waals surface area contributed by atoms with Gasteiger partial charge >= 0.3 is 6.09 Å². The maximum atomic E-state index is 12.2. The average molecular weight is 471 g/mol. The molecule has 2 aromatic rings. The number of primary amides is 1. The summed E-state index contributed by atoms with van der Waals surface area (Å²) in [5, 5.41) is 5.06. The first-order valence-corrected chi connectivity index (χ1v) is 11.8. The van der Waals surface area contributed by atoms with Gasteiger partial charge in [-0.15, -0.1) is 0 Å². The number of amides is 2. The van der Waals surface area contributed by atoms with E-state index in [-0.39, 0.29) is 18.3 Å². The van der Waals surface area contributed by atoms with Crippen LogP contribution in [0.2, 0.25) is 0 Å². The Kier molecular flexibility index (Phi) is 10.1. The van der Waals surface area contributed by atoms with Gasteiger partial charge in [-0.1, -0.05) is 30.3 Å². The Morgan fingerprint density at radius 1 is 1.00 bits per heavy atom. The third kappa shape index (κ3) is 9.91. The Balaban J connectivity index is 2.00. The number of carbonyl (C=O) groups is 3. The predicted molar refractivity (Wildman–Crippen MR) is 133 cm³/mol. The number of hydrogen-bond donors (Lipinski definition) is 2. The second kappa shape index (κ2) is 12.5. The second-order valence-corrected chi connectivity index (χ2v) is 9.85. The minimum atomic E-state index is -0.624. The maximum absolute atomic E-state index is 12.2. The molecule has 34 heavy (non-hydrogen) atoms. The van der Waals surface area contributed by atoms with Gasteiger partial charge in [0.15, 0.2) is 0 Å². The van der Waals surface area contributed by atoms with Gasteiger partial charge in [0.25, 0.3) is 0 Å². The highest BCUT2D eigenvalue weighted by Crippen LogP contribution is 2.21. The standard InChI is InChI=1S/C27H38N2O5/c1-18(30)7-6-8-20-9-11-23-16-21(10-12-22(23)15-20)17-33-19(2)24(13-14-25(28)31)29-26(32)34-27(3,4)5/h9-12,15-16,19,24H,6-8,13-14,17H2,1-5H3,(H2,28,31)(H,29,32)/t19-,24+/m1/s1. The van der Waals surface area contributed by atoms with Crippen LogP contribution in [0.3, 0.4) is 0 Å². The van der Waals surface area contributed by atoms with Crippen LogP contribution in [0.4, 0.5) is 4.79 Å². The first-order valence-electron chi connectivity index (χ1n) is 11.8. The Morgan fingerprint density at radius 3 is 2.21 bits per heavy atom. The first-order chi connectivity index (χ1) is 15.9. The highest BCUT2D eigenvalue weighted by molar-refractivity contribution is 5.84. The molecule has 0 heterocycles. The second-order valence-electron chi connectivity index (χ2n) is 9.85. The van der Waals surface area contributed by atoms with Crippen LogP contribution >= 0.6 is 0 Å². The number of benzene rings is 2. The molecule has 0 aromatic heterocycles. The Labute approximate surface area is 202 Å². The van der Waals surface area contributed by atoms with Crippen molar-refractivity contribution < 1.29 is 23.9 Å². The molecule has 2 aromatic carbocycles. The number of aryl methyl sites for hydroxylation is 1. The Morgan fingerprint density at radius 2 is 1.62 bits per heavy atom. The first kappa shape index (κ1) is 27.3. The van der Waals surface area contributed by atoms with E-state index in [1.807, 2.05) is 13.0 Å². The molecule has 0 spiro atoms. The minimum absolute atomic E-state index is 0.138. The number of fused-ring (bicyclic) bond motifs is 1. The number of nitrogens with two attached hydrogens (primary N) is 1. The quantitative estimate of drug-likeness (QED) is 0.463. The highest BCUT2D eigenvalue weighted by atomic mass is 16.6. The van der Waals surface area contributed by atoms with Gasteiger partial charge in [0.05, 0.1) is 18.8 Å². The van der Waals surface area contributed by atoms with E-state index in [1.54, 1.807) is 27.7 Å². The van der Waals surface area contributed by atoms with Crippen LogP contribution < -0.4 is 11.1 Å². The van der Waals surface area contributed by atoms with E-state index in [1.165, 1.54) is 5.56 Å². The van der Waals surface area contributed by atoms with Gasteiger partial charge in [0, 0.05) is 12.8 Å². The number of alkyl carbamates (subject to hydrolysis) is 1. The summed E-state index contributed by atoms with van der Waals surface area (Å²) < 4.78 is 11.4. The van der Waals surface area contributed by atoms with Gasteiger partial charge < -0.3 is 25.3 Å². The monoisotopic (exact) mass is 470 g/mol. The minimum Gasteiger partial charge on any atom is -0.444 e. The summed E-state index contributed by atoms with van der Waals surface area (Å²) in [6, 6.07) is 12.1. The van der Waals surface area contributed by atoms with E-state index in [0.717, 1.165) is 29.2 Å². The normalized spacial score (nSPS) is 13.3. The van der Waals surface area contributed by atoms with Crippen LogP contribution in [0.5, 0.6) is 0 Å². The average Bonchev–Trinajstić information content (AvgIpc) is 2.73. The van der Waals surface area contributed by atoms with Gasteiger partial charge in [0.2, 0.25) is 5.91 Å². The van der Waals surface area contributed by atoms with Crippen LogP contribution in [0.15, 0.2) is 36.4 Å². The van der Waals surface area contributed by atoms with Crippen LogP contribution in [0.25, 0.3) is 10.8 Å². The lowest BCUT2D eigenvalue weighted by Crippen LogP contribution is -2.45. The molecule has 0 fully saturated rings. The van der Waals surface area contributed by atoms with Gasteiger partial charge in [-0.3, -0.25) is 4.79 Å². The van der Waals surface area contributed by atoms with Crippen molar-refractivity contribution in [3.05, 3.63) is 47.5 Å². The largest absolute Gasteiger partial charge is 0.444 e. The SMILES string of the molecule is CC(=O)CCCc1ccc2cc(CO[C@H](C)[C@H](CCC(N)=O)NC(=O)OC(C)(C)C)ccc2c1. The number of ether oxygens (including phenoxy) is 2. The van der Waals surface area contributed by atoms with E-state index in [9.17, 15) is 14.4 Å². The number of Topliss-reactive ketones (excluding diaryl/α,β-unsaturated/α-hetero) is 1. The van der Waals surface area contributed by atoms with Gasteiger partial charge in [-0.2, -0.15) is 0 Å². The number of carbonyl (C=O) groups excluding carboxylic acids is 3. The summed E-state index contributed by atoms with van der Waals surface area (Å²) >= 11 is 0. The van der Waals surface area contributed by atoms with Crippen molar-refractivity contribution in [1.82, 2.24) is 5.32 Å². The zero-order valence-electron chi connectivity index (χ0n) is 21.0. The Hall–Kier alpha value is -2.93. The third-order valence-electron chi connectivity index (χ3n) is 5.45. The molecule has 0 radical (unpaired) electrons. The molecular formula is C27H38N2O5. The molecule has 2 amide bonds. The molecule has 0 bridgehead atoms. The molecular weight excluding hydrogens is 432 g/mol. The van der Waals surface area contributed by atoms with Crippen molar-refractivity contribution in [2.75, 3.05) is 0 Å². The van der Waals surface area contributed by atoms with E-state index in [0.29, 0.717) is 19.4 Å². The molecule has 186 valence electrons. The fraction of sp³-hybridized carbons (Fsp3) is 0.519. The van der Waals surface area contributed by atoms with Gasteiger partial charge in [0.1, 0.15) is 11.4 Å². The Bertz CT molecular complexity index is 996. The van der Waals surface area contributed by atoms with Gasteiger partial charge in [-0.05, 0) is 81.8 Å². The topological polar surface area (TPSA) is 108 Å². The summed E-state index contributed by atoms with van der Waals surface area (Å²) in [5.74, 6) is -0.212. The van der Waals surface area contributed by atoms with E-state index < -0.39 is 23.6 Å². The van der Waals surface area contributed by atoms with Crippen molar-refractivity contribution in [2.24, 2.45) is 5.73 Å². The number of ketones is 1. The van der Waals surface area contributed by atoms with Gasteiger partial charge in [-0.25, -0.2) is 4.79 Å². The summed E-state index contributed by atoms with van der Waals surface area (Å²) in [4.78, 5) is 34.7. The highest BCUT2D eigenvalue weighted by Gasteiger charge is 2.24. The number of nitrogens with one attached hydrogen (secondary N) is 1. The number of hydrogen-bond acceptors (Lipinski definition) is 5. The van der Waals surface area contributed by atoms with Crippen LogP contribution in [-0.4, -0.2) is 35.5 Å². The zero-order valence-corrected chi connectivity index (χ0v) is 21.0. The molecule has 0 aliphatic rings. The van der Waals surface area contributed by atoms with E-state index >= 15 is 0 Å². The lowest BCUT2D eigenvalue weighted by Gasteiger charge is -2.27. The predicted octanol–water partition coefficient (Wildman–Crippen LogP) is 4.82. The van der Waals surface area contributed by atoms with Crippen LogP contribution in [0, 0.1) is 0 Å². The molecule has 3 N–H and O–H groups in total. The van der Waals surface area contributed by atoms with Crippen molar-refractivity contribution in [2.45, 2.75) is 91.1 Å². The molecule has 2 atom stereocenters. The maximum Gasteiger partial charge on any atom is 0.407 e. The molecule has 2 rings (SSSR count). The summed E-state index contributed by atoms with van der Waals surface area (Å²) in [6.07, 6.45) is 1.94. The molecule has 0 aliphatic carbocycles. The lowest BCUT2D eigenvalue weighted by atomic mass is 10.0. The fourth-order valence-electron chi connectivity index (χ4n) is 3.66. The third-order valence-corrected chi connectivity index (χ3v) is 5.45. The van der Waals surface area contributed by atoms with Crippen LogP contribution in [-0.2, 0) is 32.1 Å². The van der Waals surface area contributed by atoms with Crippen molar-refractivity contribution in [3.63, 3.8) is 0 Å². The van der Waals surface area contributed by atoms with E-state index in [2.05, 4.69) is 35.6 Å². The zero-order chi connectivity index (χ0) is 25.3. The number of rotatable bonds is 12. The fourth-order valence-corrected chi connectivity index (χ4v) is 3.66. The summed E-state index contributed by atoms with van der Waals surface area (Å²) in [7, 11) is 0. The molecule has 7 heteroatoms. The molecule has 0 saturated heterocycles. The summed E-state index contributed by atoms with van der Waals surface area (Å²) in [5.41, 5.74) is 6.91. The molecule has 0 aliphatic heterocycles. The smallest absolute Gasteiger partial charge is 0.407 e. The molecule has 0 unspecified atom stereocenters. The van der Waals surface area contributed by atoms with Crippen LogP contribution in [0.1, 0.15) is 71.4 Å². The van der Waals surface area contributed by atoms with Crippen molar-refractivity contribution in [3.8, 4) is 0 Å². The van der Waals surface area contributed by atoms with Crippen molar-refractivity contribution >= 4 is 28.6 Å². The summed E-state index contributed by atoms with van der Waals surface area (Å²) in [6.45, 7) is 9.22.